The maximum atomic E-state index is 12.8. The highest BCUT2D eigenvalue weighted by molar-refractivity contribution is 5.81. The summed E-state index contributed by atoms with van der Waals surface area (Å²) in [4.78, 5) is 14.7. The zero-order valence-corrected chi connectivity index (χ0v) is 35.7. The van der Waals surface area contributed by atoms with Crippen molar-refractivity contribution in [1.82, 2.24) is 10.2 Å². The smallest absolute Gasteiger partial charge is 0.251 e. The van der Waals surface area contributed by atoms with Gasteiger partial charge in [0.25, 0.3) is 5.91 Å². The fraction of sp³-hybridized carbons (Fsp3) is 0.612. The number of aliphatic hydroxyl groups is 8. The number of ether oxygens (including phenoxy) is 2. The fourth-order valence-electron chi connectivity index (χ4n) is 6.03. The highest BCUT2D eigenvalue weighted by Gasteiger charge is 2.47. The lowest BCUT2D eigenvalue weighted by molar-refractivity contribution is -0.326. The van der Waals surface area contributed by atoms with Crippen LogP contribution >= 0.6 is 0 Å². The molecule has 0 aromatic carbocycles. The quantitative estimate of drug-likeness (QED) is 0.0307. The number of unbranched alkanes of at least 4 members (excludes halogenated alkanes) is 13. The third-order valence-corrected chi connectivity index (χ3v) is 9.48. The van der Waals surface area contributed by atoms with E-state index in [0.717, 1.165) is 19.3 Å². The Morgan fingerprint density at radius 2 is 1.10 bits per heavy atom. The van der Waals surface area contributed by atoms with Crippen LogP contribution < -0.4 is 5.32 Å². The van der Waals surface area contributed by atoms with Crippen molar-refractivity contribution in [2.75, 3.05) is 32.8 Å². The highest BCUT2D eigenvalue weighted by Crippen LogP contribution is 2.25. The number of aliphatic hydroxyl groups excluding tert-OH is 8. The second-order valence-corrected chi connectivity index (χ2v) is 14.3. The van der Waals surface area contributed by atoms with Crippen LogP contribution in [0.5, 0.6) is 0 Å². The highest BCUT2D eigenvalue weighted by atomic mass is 16.7. The third-order valence-electron chi connectivity index (χ3n) is 9.48. The van der Waals surface area contributed by atoms with Gasteiger partial charge in [0.05, 0.1) is 13.2 Å². The van der Waals surface area contributed by atoms with Crippen LogP contribution in [0.1, 0.15) is 103 Å². The zero-order chi connectivity index (χ0) is 45.6. The van der Waals surface area contributed by atoms with Gasteiger partial charge >= 0.3 is 0 Å². The number of hydrogen-bond acceptors (Lipinski definition) is 12. The molecular weight excluding hydrogens is 793 g/mol. The topological polar surface area (TPSA) is 213 Å². The molecule has 0 saturated carbocycles. The summed E-state index contributed by atoms with van der Waals surface area (Å²) >= 11 is 0. The minimum atomic E-state index is -2.16. The van der Waals surface area contributed by atoms with Gasteiger partial charge < -0.3 is 60.5 Å². The predicted octanol–water partition coefficient (Wildman–Crippen LogP) is 0.154. The van der Waals surface area contributed by atoms with E-state index in [2.05, 4.69) is 113 Å². The minimum absolute atomic E-state index is 0.0687. The van der Waals surface area contributed by atoms with E-state index in [4.69, 9.17) is 15.9 Å². The molecule has 13 nitrogen and oxygen atoms in total. The molecule has 1 saturated heterocycles. The Hall–Kier alpha value is -5.09. The molecule has 334 valence electrons. The lowest BCUT2D eigenvalue weighted by Crippen LogP contribution is -2.62. The van der Waals surface area contributed by atoms with E-state index in [1.807, 2.05) is 4.90 Å². The van der Waals surface area contributed by atoms with Crippen molar-refractivity contribution in [3.05, 3.63) is 0 Å². The van der Waals surface area contributed by atoms with Crippen LogP contribution in [0.3, 0.4) is 0 Å². The van der Waals surface area contributed by atoms with Gasteiger partial charge in [0.2, 0.25) is 0 Å². The molecule has 0 spiro atoms. The molecule has 1 heterocycles. The number of carbonyl (C=O) groups is 1. The summed E-state index contributed by atoms with van der Waals surface area (Å²) in [7, 11) is 0. The Morgan fingerprint density at radius 3 is 1.56 bits per heavy atom. The van der Waals surface area contributed by atoms with Crippen molar-refractivity contribution in [3.63, 3.8) is 0 Å². The molecule has 1 amide bonds. The third kappa shape index (κ3) is 25.0. The second kappa shape index (κ2) is 36.6. The van der Waals surface area contributed by atoms with E-state index in [-0.39, 0.29) is 6.54 Å². The van der Waals surface area contributed by atoms with Crippen molar-refractivity contribution in [1.29, 1.82) is 0 Å². The van der Waals surface area contributed by atoms with Crippen LogP contribution in [0.25, 0.3) is 0 Å². The van der Waals surface area contributed by atoms with Crippen LogP contribution in [-0.2, 0) is 14.3 Å². The molecule has 0 bridgehead atoms. The van der Waals surface area contributed by atoms with Crippen LogP contribution in [0.15, 0.2) is 0 Å². The Balaban J connectivity index is 2.77. The maximum absolute atomic E-state index is 12.8. The number of terminal acetylenes is 1. The van der Waals surface area contributed by atoms with Crippen LogP contribution in [0.2, 0.25) is 0 Å². The van der Waals surface area contributed by atoms with Crippen molar-refractivity contribution in [2.24, 2.45) is 0 Å². The van der Waals surface area contributed by atoms with Crippen molar-refractivity contribution in [2.45, 2.75) is 158 Å². The standard InChI is InChI=1S/C49H62N2O11/c1-3-5-7-9-11-13-15-17-19-20-22-24-26-28-30-32-36-51(35-31-29-27-25-23-21-18-16-14-12-10-8-6-4-2)37-33-34-50-48(60)45(58)44(57)47(40(54)38-52)62-49-46(59)43(56)42(55)41(39-53)61-49/h1,40-47,49,52-59H,4,6,8,10,12,14,16,18,21,23,25,27,29,31,33-35,37-39H2,2H3,(H,50,60). The van der Waals surface area contributed by atoms with E-state index in [0.29, 0.717) is 19.5 Å². The number of nitrogens with zero attached hydrogens (tertiary/aromatic N) is 1. The molecule has 1 aliphatic rings. The van der Waals surface area contributed by atoms with Crippen LogP contribution in [-0.4, -0.2) is 140 Å². The Kier molecular flexibility index (Phi) is 32.4. The number of nitrogens with one attached hydrogen (secondary N) is 1. The maximum Gasteiger partial charge on any atom is 0.251 e. The average Bonchev–Trinajstić information content (AvgIpc) is 3.28. The summed E-state index contributed by atoms with van der Waals surface area (Å²) < 4.78 is 10.6. The minimum Gasteiger partial charge on any atom is -0.394 e. The van der Waals surface area contributed by atoms with Gasteiger partial charge in [-0.05, 0) is 60.2 Å². The molecule has 13 heteroatoms. The van der Waals surface area contributed by atoms with Crippen molar-refractivity contribution < 1.29 is 55.1 Å². The van der Waals surface area contributed by atoms with E-state index in [1.54, 1.807) is 0 Å². The largest absolute Gasteiger partial charge is 0.394 e. The molecule has 0 aliphatic carbocycles. The molecule has 1 aliphatic heterocycles. The summed E-state index contributed by atoms with van der Waals surface area (Å²) in [6.07, 6.45) is 5.93. The molecule has 0 aromatic rings. The number of amides is 1. The summed E-state index contributed by atoms with van der Waals surface area (Å²) in [5.74, 6) is 39.1. The van der Waals surface area contributed by atoms with Gasteiger partial charge in [-0.1, -0.05) is 90.4 Å². The van der Waals surface area contributed by atoms with Crippen LogP contribution in [0, 0.1) is 107 Å². The fourth-order valence-corrected chi connectivity index (χ4v) is 6.03. The predicted molar refractivity (Wildman–Crippen MR) is 234 cm³/mol. The lowest BCUT2D eigenvalue weighted by atomic mass is 9.98. The molecule has 62 heavy (non-hydrogen) atoms. The summed E-state index contributed by atoms with van der Waals surface area (Å²) in [6.45, 7) is 1.63. The molecule has 1 fully saturated rings. The normalized spacial score (nSPS) is 18.9. The van der Waals surface area contributed by atoms with E-state index >= 15 is 0 Å². The molecular formula is C49H62N2O11. The van der Waals surface area contributed by atoms with Gasteiger partial charge in [0.15, 0.2) is 12.4 Å². The molecule has 0 aromatic heterocycles. The zero-order valence-electron chi connectivity index (χ0n) is 35.7. The summed E-state index contributed by atoms with van der Waals surface area (Å²) in [5, 5.41) is 83.7. The monoisotopic (exact) mass is 854 g/mol. The second-order valence-electron chi connectivity index (χ2n) is 14.3. The summed E-state index contributed by atoms with van der Waals surface area (Å²) in [6, 6.07) is 3.02. The van der Waals surface area contributed by atoms with Crippen molar-refractivity contribution >= 4 is 5.91 Å². The SMILES string of the molecule is C#CC#CC#CC#CC#CC#CC#CC#CC#CN(CCCCCCCCCCCCCCCC)CCCNC(=O)C(O)C(O)C(OC1OC(CO)C(O)C(O)C1O)C(O)CO. The van der Waals surface area contributed by atoms with E-state index < -0.39 is 74.2 Å². The first-order chi connectivity index (χ1) is 30.1. The van der Waals surface area contributed by atoms with Gasteiger partial charge in [-0.15, -0.1) is 6.42 Å². The Bertz CT molecular complexity index is 1870. The molecule has 0 radical (unpaired) electrons. The lowest BCUT2D eigenvalue weighted by Gasteiger charge is -2.42. The number of rotatable bonds is 27. The molecule has 9 unspecified atom stereocenters. The van der Waals surface area contributed by atoms with E-state index in [1.165, 1.54) is 70.6 Å². The van der Waals surface area contributed by atoms with Gasteiger partial charge in [-0.2, -0.15) is 0 Å². The molecule has 9 N–H and O–H groups in total. The number of hydrogen-bond donors (Lipinski definition) is 9. The van der Waals surface area contributed by atoms with E-state index in [9.17, 15) is 45.6 Å². The Morgan fingerprint density at radius 1 is 0.645 bits per heavy atom. The molecule has 1 rings (SSSR count). The van der Waals surface area contributed by atoms with Gasteiger partial charge in [0, 0.05) is 73.0 Å². The molecule has 9 atom stereocenters. The first kappa shape index (κ1) is 54.9. The first-order valence-electron chi connectivity index (χ1n) is 21.2. The first-order valence-corrected chi connectivity index (χ1v) is 21.2. The van der Waals surface area contributed by atoms with Crippen molar-refractivity contribution in [3.8, 4) is 107 Å². The van der Waals surface area contributed by atoms with Crippen LogP contribution in [0.4, 0.5) is 0 Å². The average molecular weight is 855 g/mol. The van der Waals surface area contributed by atoms with Gasteiger partial charge in [-0.25, -0.2) is 0 Å². The van der Waals surface area contributed by atoms with Gasteiger partial charge in [-0.3, -0.25) is 4.79 Å². The number of carbonyl (C=O) groups excluding carboxylic acids is 1. The Labute approximate surface area is 368 Å². The van der Waals surface area contributed by atoms with Gasteiger partial charge in [0.1, 0.15) is 42.7 Å². The summed E-state index contributed by atoms with van der Waals surface area (Å²) in [5.41, 5.74) is 0.